The fraction of sp³-hybridized carbons (Fsp3) is 0.500. The number of aromatic nitrogens is 4. The molecule has 1 saturated carbocycles. The Kier molecular flexibility index (Phi) is 11.8. The monoisotopic (exact) mass is 786 g/mol. The molecule has 2 aromatic heterocycles. The summed E-state index contributed by atoms with van der Waals surface area (Å²) in [5, 5.41) is 20.6. The summed E-state index contributed by atoms with van der Waals surface area (Å²) in [5.41, 5.74) is 3.98. The smallest absolute Gasteiger partial charge is 0.274 e. The Morgan fingerprint density at radius 3 is 2.50 bits per heavy atom. The highest BCUT2D eigenvalue weighted by molar-refractivity contribution is 6.31. The van der Waals surface area contributed by atoms with Crippen LogP contribution in [0.15, 0.2) is 60.9 Å². The lowest BCUT2D eigenvalue weighted by molar-refractivity contribution is -0.404. The van der Waals surface area contributed by atoms with Gasteiger partial charge in [0.1, 0.15) is 12.1 Å². The van der Waals surface area contributed by atoms with Crippen LogP contribution in [0.25, 0.3) is 11.0 Å². The molecule has 2 fully saturated rings. The average Bonchev–Trinajstić information content (AvgIpc) is 3.62. The van der Waals surface area contributed by atoms with Crippen LogP contribution in [0.1, 0.15) is 48.8 Å². The van der Waals surface area contributed by atoms with Gasteiger partial charge in [0.05, 0.1) is 37.3 Å². The number of benzene rings is 2. The van der Waals surface area contributed by atoms with Crippen LogP contribution >= 0.6 is 11.6 Å². The molecule has 1 N–H and O–H groups in total. The van der Waals surface area contributed by atoms with Gasteiger partial charge in [-0.25, -0.2) is 14.6 Å². The Morgan fingerprint density at radius 1 is 1.07 bits per heavy atom. The molecule has 0 atom stereocenters. The molecule has 1 saturated heterocycles. The molecule has 1 spiro atoms. The molecule has 4 aromatic rings. The summed E-state index contributed by atoms with van der Waals surface area (Å²) in [5.74, 6) is 2.91. The van der Waals surface area contributed by atoms with E-state index >= 15 is 0 Å². The molecule has 0 radical (unpaired) electrons. The molecular weight excluding hydrogens is 736 g/mol. The van der Waals surface area contributed by atoms with Gasteiger partial charge in [-0.3, -0.25) is 19.8 Å². The zero-order valence-electron chi connectivity index (χ0n) is 32.6. The van der Waals surface area contributed by atoms with Gasteiger partial charge in [-0.1, -0.05) is 29.8 Å². The molecule has 16 heteroatoms. The highest BCUT2D eigenvalue weighted by Crippen LogP contribution is 2.50. The Morgan fingerprint density at radius 2 is 1.80 bits per heavy atom. The van der Waals surface area contributed by atoms with Crippen molar-refractivity contribution in [2.75, 3.05) is 79.0 Å². The number of nitrogens with one attached hydrogen (secondary N) is 1. The number of rotatable bonds is 13. The third-order valence-electron chi connectivity index (χ3n) is 11.7. The van der Waals surface area contributed by atoms with E-state index in [4.69, 9.17) is 21.1 Å². The van der Waals surface area contributed by atoms with Crippen LogP contribution in [0.4, 0.5) is 5.82 Å². The topological polar surface area (TPSA) is 147 Å². The number of carbonyl (C=O) groups is 1. The van der Waals surface area contributed by atoms with Crippen molar-refractivity contribution in [2.24, 2.45) is 5.92 Å². The van der Waals surface area contributed by atoms with E-state index in [0.717, 1.165) is 86.0 Å². The minimum atomic E-state index is -0.434. The number of hydrogen-bond acceptors (Lipinski definition) is 12. The first-order valence-electron chi connectivity index (χ1n) is 19.3. The Labute approximate surface area is 332 Å². The summed E-state index contributed by atoms with van der Waals surface area (Å²) >= 11 is 6.43. The van der Waals surface area contributed by atoms with Crippen LogP contribution in [0.3, 0.4) is 0 Å². The lowest BCUT2D eigenvalue weighted by Gasteiger charge is -2.52. The van der Waals surface area contributed by atoms with Crippen LogP contribution < -0.4 is 19.7 Å². The molecular formula is C40H51ClN10O5. The summed E-state index contributed by atoms with van der Waals surface area (Å²) in [6.07, 6.45) is 9.36. The van der Waals surface area contributed by atoms with Crippen molar-refractivity contribution in [2.45, 2.75) is 50.6 Å². The van der Waals surface area contributed by atoms with Crippen molar-refractivity contribution in [3.63, 3.8) is 0 Å². The number of nitrogens with zero attached hydrogens (tertiary/aromatic N) is 9. The summed E-state index contributed by atoms with van der Waals surface area (Å²) in [7, 11) is 6.91. The second-order valence-electron chi connectivity index (χ2n) is 15.0. The highest BCUT2D eigenvalue weighted by atomic mass is 35.5. The number of fused-ring (bicyclic) bond motifs is 3. The maximum atomic E-state index is 14.1. The predicted molar refractivity (Wildman–Crippen MR) is 215 cm³/mol. The molecule has 1 amide bonds. The van der Waals surface area contributed by atoms with E-state index in [1.807, 2.05) is 40.0 Å². The molecule has 2 aliphatic heterocycles. The van der Waals surface area contributed by atoms with Gasteiger partial charge in [-0.15, -0.1) is 0 Å². The van der Waals surface area contributed by atoms with Crippen molar-refractivity contribution in [1.29, 1.82) is 0 Å². The molecule has 298 valence electrons. The second kappa shape index (κ2) is 16.9. The molecule has 2 aromatic carbocycles. The maximum Gasteiger partial charge on any atom is 0.274 e. The first-order valence-corrected chi connectivity index (χ1v) is 19.7. The van der Waals surface area contributed by atoms with Crippen molar-refractivity contribution in [3.05, 3.63) is 92.8 Å². The van der Waals surface area contributed by atoms with Gasteiger partial charge in [0.15, 0.2) is 23.0 Å². The minimum absolute atomic E-state index is 0.0510. The van der Waals surface area contributed by atoms with Crippen LogP contribution in [-0.4, -0.2) is 119 Å². The molecule has 4 heterocycles. The molecule has 0 unspecified atom stereocenters. The van der Waals surface area contributed by atoms with Crippen molar-refractivity contribution >= 4 is 34.4 Å². The summed E-state index contributed by atoms with van der Waals surface area (Å²) < 4.78 is 13.3. The largest absolute Gasteiger partial charge is 0.493 e. The first kappa shape index (κ1) is 39.1. The zero-order valence-corrected chi connectivity index (χ0v) is 33.4. The summed E-state index contributed by atoms with van der Waals surface area (Å²) in [6, 6.07) is 12.0. The van der Waals surface area contributed by atoms with E-state index in [9.17, 15) is 14.9 Å². The molecule has 1 aliphatic carbocycles. The lowest BCUT2D eigenvalue weighted by Crippen LogP contribution is -2.55. The van der Waals surface area contributed by atoms with Gasteiger partial charge in [0.2, 0.25) is 5.91 Å². The number of nitro groups is 1. The molecule has 3 aliphatic rings. The van der Waals surface area contributed by atoms with Crippen LogP contribution in [-0.2, 0) is 23.3 Å². The average molecular weight is 787 g/mol. The normalized spacial score (nSPS) is 20.2. The van der Waals surface area contributed by atoms with E-state index in [0.29, 0.717) is 55.9 Å². The number of piperazine rings is 1. The zero-order chi connectivity index (χ0) is 39.4. The quantitative estimate of drug-likeness (QED) is 0.113. The van der Waals surface area contributed by atoms with Crippen LogP contribution in [0.5, 0.6) is 11.5 Å². The lowest BCUT2D eigenvalue weighted by atomic mass is 9.68. The summed E-state index contributed by atoms with van der Waals surface area (Å²) in [4.78, 5) is 42.6. The third kappa shape index (κ3) is 7.92. The number of ether oxygens (including phenoxy) is 2. The van der Waals surface area contributed by atoms with Crippen molar-refractivity contribution in [1.82, 2.24) is 39.8 Å². The van der Waals surface area contributed by atoms with E-state index in [-0.39, 0.29) is 17.4 Å². The van der Waals surface area contributed by atoms with Gasteiger partial charge >= 0.3 is 0 Å². The van der Waals surface area contributed by atoms with Gasteiger partial charge in [0, 0.05) is 76.4 Å². The van der Waals surface area contributed by atoms with Gasteiger partial charge < -0.3 is 29.5 Å². The number of carbonyl (C=O) groups excluding carboxylic acids is 1. The third-order valence-corrected chi connectivity index (χ3v) is 12.1. The Hall–Kier alpha value is -5.15. The highest BCUT2D eigenvalue weighted by Gasteiger charge is 2.47. The first-order chi connectivity index (χ1) is 27.1. The number of hydrogen-bond donors (Lipinski definition) is 1. The second-order valence-corrected chi connectivity index (χ2v) is 15.4. The Balaban J connectivity index is 1.01. The fourth-order valence-corrected chi connectivity index (χ4v) is 8.99. The van der Waals surface area contributed by atoms with E-state index < -0.39 is 4.92 Å². The number of amides is 1. The van der Waals surface area contributed by atoms with Crippen molar-refractivity contribution in [3.8, 4) is 11.5 Å². The molecule has 0 bridgehead atoms. The standard InChI is InChI=1S/C40H51ClN10O5/c1-46(2)36(26-51(53)54)42-15-7-16-49-17-12-29-22-34(55-3)35(56-4)23-32(29)40(49)13-10-28(11-14-40)39(52)48-20-18-47(19-21-48)37-31-24-45-50(38(31)44-27-43-37)25-30-8-5-6-9-33(30)41/h5-6,8-9,22-24,26-28,42H,7,10-21,25H2,1-4H3/b36-26+. The van der Waals surface area contributed by atoms with Crippen LogP contribution in [0.2, 0.25) is 5.02 Å². The van der Waals surface area contributed by atoms with Crippen LogP contribution in [0, 0.1) is 16.0 Å². The van der Waals surface area contributed by atoms with Crippen molar-refractivity contribution < 1.29 is 19.2 Å². The molecule has 56 heavy (non-hydrogen) atoms. The SMILES string of the molecule is COc1cc2c(cc1OC)C1(CCC(C(=O)N3CCN(c4ncnc5c4cnn5Cc4ccccc4Cl)CC3)CC1)N(CCCN/C(=C\[N+](=O)[O-])N(C)C)CC2. The molecule has 7 rings (SSSR count). The number of halogens is 1. The number of anilines is 1. The number of methoxy groups -OCH3 is 2. The van der Waals surface area contributed by atoms with E-state index in [1.165, 1.54) is 11.1 Å². The predicted octanol–water partition coefficient (Wildman–Crippen LogP) is 4.75. The molecule has 15 nitrogen and oxygen atoms in total. The fourth-order valence-electron chi connectivity index (χ4n) is 8.79. The van der Waals surface area contributed by atoms with Gasteiger partial charge in [-0.2, -0.15) is 5.10 Å². The van der Waals surface area contributed by atoms with Gasteiger partial charge in [-0.05, 0) is 73.4 Å². The Bertz CT molecular complexity index is 2070. The van der Waals surface area contributed by atoms with E-state index in [2.05, 4.69) is 42.3 Å². The van der Waals surface area contributed by atoms with Gasteiger partial charge in [0.25, 0.3) is 6.20 Å². The van der Waals surface area contributed by atoms with E-state index in [1.54, 1.807) is 39.5 Å². The minimum Gasteiger partial charge on any atom is -0.493 e. The maximum absolute atomic E-state index is 14.1. The summed E-state index contributed by atoms with van der Waals surface area (Å²) in [6.45, 7) is 5.40.